The number of benzene rings is 1. The average Bonchev–Trinajstić information content (AvgIpc) is 2.49. The quantitative estimate of drug-likeness (QED) is 0.348. The molecular weight excluding hydrogens is 345 g/mol. The van der Waals surface area contributed by atoms with E-state index in [4.69, 9.17) is 5.11 Å². The number of halogens is 5. The van der Waals surface area contributed by atoms with Gasteiger partial charge in [0.05, 0.1) is 12.0 Å². The fourth-order valence-corrected chi connectivity index (χ4v) is 1.63. The van der Waals surface area contributed by atoms with Gasteiger partial charge in [-0.25, -0.2) is 26.7 Å². The molecule has 1 rings (SSSR count). The maximum absolute atomic E-state index is 13.4. The van der Waals surface area contributed by atoms with Gasteiger partial charge in [0.25, 0.3) is 0 Å². The van der Waals surface area contributed by atoms with Crippen molar-refractivity contribution in [3.8, 4) is 0 Å². The van der Waals surface area contributed by atoms with E-state index in [2.05, 4.69) is 4.74 Å². The zero-order valence-electron chi connectivity index (χ0n) is 12.0. The van der Waals surface area contributed by atoms with Crippen LogP contribution >= 0.6 is 0 Å². The van der Waals surface area contributed by atoms with Gasteiger partial charge in [0, 0.05) is 6.92 Å². The number of esters is 1. The smallest absolute Gasteiger partial charge is 0.329 e. The summed E-state index contributed by atoms with van der Waals surface area (Å²) in [5.74, 6) is -14.9. The van der Waals surface area contributed by atoms with E-state index in [1.165, 1.54) is 0 Å². The van der Waals surface area contributed by atoms with E-state index in [0.717, 1.165) is 6.92 Å². The Labute approximate surface area is 131 Å². The molecule has 0 saturated heterocycles. The Bertz CT molecular complexity index is 649. The number of carbonyl (C=O) groups is 3. The molecular formula is C13H10F5NO5. The van der Waals surface area contributed by atoms with E-state index in [9.17, 15) is 36.3 Å². The van der Waals surface area contributed by atoms with Crippen molar-refractivity contribution in [3.05, 3.63) is 34.6 Å². The van der Waals surface area contributed by atoms with Crippen LogP contribution in [0.2, 0.25) is 0 Å². The lowest BCUT2D eigenvalue weighted by atomic mass is 10.1. The fourth-order valence-electron chi connectivity index (χ4n) is 1.63. The molecule has 0 aliphatic rings. The number of aliphatic carboxylic acids is 1. The molecule has 0 saturated carbocycles. The number of hydrogen-bond donors (Lipinski definition) is 2. The van der Waals surface area contributed by atoms with E-state index >= 15 is 0 Å². The molecule has 0 aliphatic heterocycles. The van der Waals surface area contributed by atoms with E-state index in [0.29, 0.717) is 0 Å². The molecule has 1 aromatic carbocycles. The van der Waals surface area contributed by atoms with Crippen LogP contribution in [0.1, 0.15) is 18.9 Å². The third-order valence-electron chi connectivity index (χ3n) is 2.70. The predicted octanol–water partition coefficient (Wildman–Crippen LogP) is 1.40. The molecule has 24 heavy (non-hydrogen) atoms. The molecule has 0 aromatic heterocycles. The second kappa shape index (κ2) is 7.70. The lowest BCUT2D eigenvalue weighted by Gasteiger charge is -2.15. The van der Waals surface area contributed by atoms with Crippen molar-refractivity contribution in [2.24, 2.45) is 0 Å². The largest absolute Gasteiger partial charge is 0.481 e. The topological polar surface area (TPSA) is 92.7 Å². The molecule has 6 nitrogen and oxygen atoms in total. The molecule has 1 amide bonds. The normalized spacial score (nSPS) is 11.8. The predicted molar refractivity (Wildman–Crippen MR) is 65.9 cm³/mol. The van der Waals surface area contributed by atoms with E-state index in [1.807, 2.05) is 5.32 Å². The number of rotatable bonds is 6. The summed E-state index contributed by atoms with van der Waals surface area (Å²) in [5, 5.41) is 10.5. The fraction of sp³-hybridized carbons (Fsp3) is 0.308. The highest BCUT2D eigenvalue weighted by Gasteiger charge is 2.28. The molecule has 11 heteroatoms. The summed E-state index contributed by atoms with van der Waals surface area (Å²) in [5.41, 5.74) is -1.41. The molecule has 0 bridgehead atoms. The third-order valence-corrected chi connectivity index (χ3v) is 2.70. The van der Waals surface area contributed by atoms with Crippen LogP contribution in [0.15, 0.2) is 0 Å². The minimum atomic E-state index is -2.37. The highest BCUT2D eigenvalue weighted by Crippen LogP contribution is 2.23. The van der Waals surface area contributed by atoms with Gasteiger partial charge in [-0.05, 0) is 0 Å². The summed E-state index contributed by atoms with van der Waals surface area (Å²) < 4.78 is 70.0. The second-order valence-electron chi connectivity index (χ2n) is 4.51. The molecule has 0 radical (unpaired) electrons. The number of carboxylic acid groups (broad SMARTS) is 1. The number of nitrogens with one attached hydrogen (secondary N) is 1. The Morgan fingerprint density at radius 1 is 1.00 bits per heavy atom. The molecule has 0 aliphatic carbocycles. The van der Waals surface area contributed by atoms with Crippen LogP contribution in [0.25, 0.3) is 0 Å². The van der Waals surface area contributed by atoms with Gasteiger partial charge in [0.1, 0.15) is 12.6 Å². The van der Waals surface area contributed by atoms with Crippen LogP contribution in [0.5, 0.6) is 0 Å². The number of ether oxygens (including phenoxy) is 1. The first-order valence-corrected chi connectivity index (χ1v) is 6.22. The molecule has 132 valence electrons. The summed E-state index contributed by atoms with van der Waals surface area (Å²) in [4.78, 5) is 33.1. The average molecular weight is 355 g/mol. The highest BCUT2D eigenvalue weighted by atomic mass is 19.2. The SMILES string of the molecule is CC(=O)N[C@@H](CC(=O)O)C(=O)OCc1c(F)c(F)c(F)c(F)c1F. The van der Waals surface area contributed by atoms with Gasteiger partial charge in [0.15, 0.2) is 23.3 Å². The van der Waals surface area contributed by atoms with Crippen LogP contribution in [0, 0.1) is 29.1 Å². The van der Waals surface area contributed by atoms with Crippen molar-refractivity contribution in [2.75, 3.05) is 0 Å². The van der Waals surface area contributed by atoms with Crippen LogP contribution in [0.3, 0.4) is 0 Å². The number of amides is 1. The van der Waals surface area contributed by atoms with Gasteiger partial charge in [0.2, 0.25) is 11.7 Å². The maximum atomic E-state index is 13.4. The van der Waals surface area contributed by atoms with Crippen LogP contribution < -0.4 is 5.32 Å². The van der Waals surface area contributed by atoms with Crippen molar-refractivity contribution in [3.63, 3.8) is 0 Å². The van der Waals surface area contributed by atoms with Gasteiger partial charge in [-0.1, -0.05) is 0 Å². The summed E-state index contributed by atoms with van der Waals surface area (Å²) in [6.07, 6.45) is -0.907. The molecule has 1 atom stereocenters. The van der Waals surface area contributed by atoms with E-state index in [1.54, 1.807) is 0 Å². The minimum Gasteiger partial charge on any atom is -0.481 e. The van der Waals surface area contributed by atoms with Crippen molar-refractivity contribution in [2.45, 2.75) is 26.0 Å². The van der Waals surface area contributed by atoms with Crippen molar-refractivity contribution in [1.29, 1.82) is 0 Å². The van der Waals surface area contributed by atoms with Gasteiger partial charge >= 0.3 is 11.9 Å². The standard InChI is InChI=1S/C13H10F5NO5/c1-4(20)19-6(2-7(21)22)13(23)24-3-5-8(14)10(16)12(18)11(17)9(5)15/h6H,2-3H2,1H3,(H,19,20)(H,21,22)/t6-/m0/s1. The summed E-state index contributed by atoms with van der Waals surface area (Å²) in [7, 11) is 0. The number of carboxylic acids is 1. The first-order valence-electron chi connectivity index (χ1n) is 6.22. The molecule has 0 spiro atoms. The maximum Gasteiger partial charge on any atom is 0.329 e. The van der Waals surface area contributed by atoms with Crippen LogP contribution in [-0.4, -0.2) is 29.0 Å². The molecule has 2 N–H and O–H groups in total. The van der Waals surface area contributed by atoms with Gasteiger partial charge in [-0.2, -0.15) is 0 Å². The lowest BCUT2D eigenvalue weighted by Crippen LogP contribution is -2.42. The van der Waals surface area contributed by atoms with E-state index < -0.39 is 71.6 Å². The number of hydrogen-bond acceptors (Lipinski definition) is 4. The van der Waals surface area contributed by atoms with Gasteiger partial charge in [-0.3, -0.25) is 9.59 Å². The van der Waals surface area contributed by atoms with Crippen LogP contribution in [-0.2, 0) is 25.7 Å². The lowest BCUT2D eigenvalue weighted by molar-refractivity contribution is -0.152. The first-order chi connectivity index (χ1) is 11.1. The first kappa shape index (κ1) is 19.3. The zero-order chi connectivity index (χ0) is 18.6. The molecule has 1 aromatic rings. The Morgan fingerprint density at radius 3 is 1.88 bits per heavy atom. The Morgan fingerprint density at radius 2 is 1.46 bits per heavy atom. The highest BCUT2D eigenvalue weighted by molar-refractivity contribution is 5.86. The Hall–Kier alpha value is -2.72. The Balaban J connectivity index is 2.97. The summed E-state index contributed by atoms with van der Waals surface area (Å²) >= 11 is 0. The summed E-state index contributed by atoms with van der Waals surface area (Å²) in [6.45, 7) is -0.382. The van der Waals surface area contributed by atoms with Crippen molar-refractivity contribution < 1.29 is 46.2 Å². The minimum absolute atomic E-state index is 0.797. The second-order valence-corrected chi connectivity index (χ2v) is 4.51. The molecule has 0 unspecified atom stereocenters. The third kappa shape index (κ3) is 4.40. The van der Waals surface area contributed by atoms with Gasteiger partial charge < -0.3 is 15.2 Å². The monoisotopic (exact) mass is 355 g/mol. The zero-order valence-corrected chi connectivity index (χ0v) is 12.0. The summed E-state index contributed by atoms with van der Waals surface area (Å²) in [6, 6.07) is -1.69. The van der Waals surface area contributed by atoms with Crippen molar-refractivity contribution >= 4 is 17.8 Å². The number of carbonyl (C=O) groups excluding carboxylic acids is 2. The molecule has 0 heterocycles. The Kier molecular flexibility index (Phi) is 6.20. The van der Waals surface area contributed by atoms with Crippen molar-refractivity contribution in [1.82, 2.24) is 5.32 Å². The van der Waals surface area contributed by atoms with Crippen LogP contribution in [0.4, 0.5) is 22.0 Å². The van der Waals surface area contributed by atoms with E-state index in [-0.39, 0.29) is 0 Å². The van der Waals surface area contributed by atoms with Gasteiger partial charge in [-0.15, -0.1) is 0 Å². The molecule has 0 fully saturated rings.